The van der Waals surface area contributed by atoms with Gasteiger partial charge in [-0.1, -0.05) is 18.2 Å². The fourth-order valence-corrected chi connectivity index (χ4v) is 4.45. The molecule has 2 fully saturated rings. The van der Waals surface area contributed by atoms with E-state index in [-0.39, 0.29) is 6.61 Å². The standard InChI is InChI=1S/C22H30N2O3/c1-26-22-5-4-18-10-17(2-3-19(18)11-22)12-24-14-20(21(15-24)16-25)13-23-6-8-27-9-7-23/h2-5,10-11,20-21,25H,6-9,12-16H2,1H3/t20-,21-/m1/s1. The van der Waals surface area contributed by atoms with E-state index in [2.05, 4.69) is 40.1 Å². The maximum absolute atomic E-state index is 9.86. The van der Waals surface area contributed by atoms with Crippen molar-refractivity contribution in [1.29, 1.82) is 0 Å². The van der Waals surface area contributed by atoms with Crippen molar-refractivity contribution in [3.05, 3.63) is 42.0 Å². The molecule has 27 heavy (non-hydrogen) atoms. The molecular formula is C22H30N2O3. The molecule has 2 aliphatic heterocycles. The van der Waals surface area contributed by atoms with Crippen LogP contribution in [0.25, 0.3) is 10.8 Å². The molecule has 2 saturated heterocycles. The minimum Gasteiger partial charge on any atom is -0.497 e. The van der Waals surface area contributed by atoms with E-state index in [9.17, 15) is 5.11 Å². The molecule has 2 aromatic carbocycles. The van der Waals surface area contributed by atoms with Crippen molar-refractivity contribution in [2.75, 3.05) is 59.7 Å². The number of aliphatic hydroxyl groups excluding tert-OH is 1. The number of aliphatic hydroxyl groups is 1. The van der Waals surface area contributed by atoms with Crippen LogP contribution >= 0.6 is 0 Å². The van der Waals surface area contributed by atoms with Crippen LogP contribution in [0.3, 0.4) is 0 Å². The van der Waals surface area contributed by atoms with Crippen LogP contribution in [0.15, 0.2) is 36.4 Å². The first kappa shape index (κ1) is 18.7. The van der Waals surface area contributed by atoms with Gasteiger partial charge in [-0.05, 0) is 46.4 Å². The van der Waals surface area contributed by atoms with Gasteiger partial charge in [-0.3, -0.25) is 9.80 Å². The molecule has 0 spiro atoms. The molecule has 0 radical (unpaired) electrons. The minimum atomic E-state index is 0.281. The summed E-state index contributed by atoms with van der Waals surface area (Å²) in [5, 5.41) is 12.3. The first-order valence-electron chi connectivity index (χ1n) is 9.95. The van der Waals surface area contributed by atoms with E-state index in [0.717, 1.165) is 58.2 Å². The summed E-state index contributed by atoms with van der Waals surface area (Å²) in [6.45, 7) is 8.04. The SMILES string of the molecule is COc1ccc2cc(CN3C[C@@H](CN4CCOCC4)[C@@H](CO)C3)ccc2c1. The topological polar surface area (TPSA) is 45.2 Å². The number of benzene rings is 2. The average molecular weight is 370 g/mol. The Bertz CT molecular complexity index is 760. The van der Waals surface area contributed by atoms with Gasteiger partial charge in [-0.2, -0.15) is 0 Å². The second-order valence-electron chi connectivity index (χ2n) is 7.86. The van der Waals surface area contributed by atoms with Crippen molar-refractivity contribution in [1.82, 2.24) is 9.80 Å². The molecule has 0 bridgehead atoms. The molecule has 0 aliphatic carbocycles. The lowest BCUT2D eigenvalue weighted by atomic mass is 9.96. The highest BCUT2D eigenvalue weighted by Crippen LogP contribution is 2.27. The zero-order valence-corrected chi connectivity index (χ0v) is 16.1. The Balaban J connectivity index is 1.40. The number of fused-ring (bicyclic) bond motifs is 1. The van der Waals surface area contributed by atoms with Gasteiger partial charge in [0.1, 0.15) is 5.75 Å². The van der Waals surface area contributed by atoms with E-state index in [1.807, 2.05) is 6.07 Å². The summed E-state index contributed by atoms with van der Waals surface area (Å²) < 4.78 is 10.8. The third-order valence-electron chi connectivity index (χ3n) is 6.00. The number of methoxy groups -OCH3 is 1. The summed E-state index contributed by atoms with van der Waals surface area (Å²) in [6.07, 6.45) is 0. The van der Waals surface area contributed by atoms with Gasteiger partial charge in [-0.15, -0.1) is 0 Å². The number of morpholine rings is 1. The Morgan fingerprint density at radius 1 is 1.00 bits per heavy atom. The number of likely N-dealkylation sites (tertiary alicyclic amines) is 1. The van der Waals surface area contributed by atoms with E-state index in [0.29, 0.717) is 11.8 Å². The zero-order chi connectivity index (χ0) is 18.6. The van der Waals surface area contributed by atoms with Gasteiger partial charge in [0.05, 0.1) is 20.3 Å². The van der Waals surface area contributed by atoms with E-state index in [1.165, 1.54) is 16.3 Å². The van der Waals surface area contributed by atoms with Crippen LogP contribution in [-0.2, 0) is 11.3 Å². The average Bonchev–Trinajstić information content (AvgIpc) is 3.09. The van der Waals surface area contributed by atoms with Crippen molar-refractivity contribution < 1.29 is 14.6 Å². The lowest BCUT2D eigenvalue weighted by Crippen LogP contribution is -2.41. The fraction of sp³-hybridized carbons (Fsp3) is 0.545. The lowest BCUT2D eigenvalue weighted by Gasteiger charge is -2.30. The summed E-state index contributed by atoms with van der Waals surface area (Å²) in [7, 11) is 1.70. The van der Waals surface area contributed by atoms with E-state index in [1.54, 1.807) is 7.11 Å². The Morgan fingerprint density at radius 3 is 2.52 bits per heavy atom. The molecule has 0 saturated carbocycles. The molecule has 2 aliphatic rings. The maximum Gasteiger partial charge on any atom is 0.119 e. The second-order valence-corrected chi connectivity index (χ2v) is 7.86. The number of nitrogens with zero attached hydrogens (tertiary/aromatic N) is 2. The maximum atomic E-state index is 9.86. The first-order valence-corrected chi connectivity index (χ1v) is 9.95. The number of ether oxygens (including phenoxy) is 2. The highest BCUT2D eigenvalue weighted by molar-refractivity contribution is 5.84. The van der Waals surface area contributed by atoms with Crippen LogP contribution in [0.2, 0.25) is 0 Å². The largest absolute Gasteiger partial charge is 0.497 e. The molecule has 5 heteroatoms. The molecule has 146 valence electrons. The Morgan fingerprint density at radius 2 is 1.74 bits per heavy atom. The quantitative estimate of drug-likeness (QED) is 0.845. The first-order chi connectivity index (χ1) is 13.2. The minimum absolute atomic E-state index is 0.281. The molecule has 0 amide bonds. The van der Waals surface area contributed by atoms with Gasteiger partial charge < -0.3 is 14.6 Å². The molecule has 2 heterocycles. The van der Waals surface area contributed by atoms with Crippen molar-refractivity contribution >= 4 is 10.8 Å². The van der Waals surface area contributed by atoms with E-state index < -0.39 is 0 Å². The zero-order valence-electron chi connectivity index (χ0n) is 16.1. The van der Waals surface area contributed by atoms with Crippen molar-refractivity contribution in [2.24, 2.45) is 11.8 Å². The normalized spacial score (nSPS) is 24.5. The van der Waals surface area contributed by atoms with Gasteiger partial charge in [0.25, 0.3) is 0 Å². The van der Waals surface area contributed by atoms with Crippen LogP contribution in [0, 0.1) is 11.8 Å². The summed E-state index contributed by atoms with van der Waals surface area (Å²) in [6, 6.07) is 12.9. The predicted octanol–water partition coefficient (Wildman–Crippen LogP) is 2.22. The van der Waals surface area contributed by atoms with Crippen molar-refractivity contribution in [2.45, 2.75) is 6.54 Å². The fourth-order valence-electron chi connectivity index (χ4n) is 4.45. The summed E-state index contributed by atoms with van der Waals surface area (Å²) in [5.74, 6) is 1.81. The smallest absolute Gasteiger partial charge is 0.119 e. The Labute approximate surface area is 161 Å². The second kappa shape index (κ2) is 8.57. The Hall–Kier alpha value is -1.66. The van der Waals surface area contributed by atoms with E-state index >= 15 is 0 Å². The molecule has 1 N–H and O–H groups in total. The number of rotatable bonds is 6. The van der Waals surface area contributed by atoms with Gasteiger partial charge in [-0.25, -0.2) is 0 Å². The van der Waals surface area contributed by atoms with Crippen LogP contribution < -0.4 is 4.74 Å². The molecule has 2 aromatic rings. The highest BCUT2D eigenvalue weighted by Gasteiger charge is 2.33. The summed E-state index contributed by atoms with van der Waals surface area (Å²) in [4.78, 5) is 4.99. The molecule has 0 unspecified atom stereocenters. The van der Waals surface area contributed by atoms with Gasteiger partial charge in [0.15, 0.2) is 0 Å². The molecule has 5 nitrogen and oxygen atoms in total. The predicted molar refractivity (Wildman–Crippen MR) is 107 cm³/mol. The highest BCUT2D eigenvalue weighted by atomic mass is 16.5. The monoisotopic (exact) mass is 370 g/mol. The van der Waals surface area contributed by atoms with Crippen LogP contribution in [-0.4, -0.2) is 74.6 Å². The summed E-state index contributed by atoms with van der Waals surface area (Å²) >= 11 is 0. The number of hydrogen-bond donors (Lipinski definition) is 1. The van der Waals surface area contributed by atoms with Gasteiger partial charge in [0, 0.05) is 45.9 Å². The van der Waals surface area contributed by atoms with Crippen LogP contribution in [0.1, 0.15) is 5.56 Å². The number of hydrogen-bond acceptors (Lipinski definition) is 5. The third kappa shape index (κ3) is 4.43. The summed E-state index contributed by atoms with van der Waals surface area (Å²) in [5.41, 5.74) is 1.33. The van der Waals surface area contributed by atoms with Crippen LogP contribution in [0.5, 0.6) is 5.75 Å². The third-order valence-corrected chi connectivity index (χ3v) is 6.00. The molecule has 0 aromatic heterocycles. The van der Waals surface area contributed by atoms with Gasteiger partial charge >= 0.3 is 0 Å². The van der Waals surface area contributed by atoms with Crippen molar-refractivity contribution in [3.8, 4) is 5.75 Å². The lowest BCUT2D eigenvalue weighted by molar-refractivity contribution is 0.0264. The molecule has 2 atom stereocenters. The Kier molecular flexibility index (Phi) is 5.93. The van der Waals surface area contributed by atoms with Gasteiger partial charge in [0.2, 0.25) is 0 Å². The molecule has 4 rings (SSSR count). The van der Waals surface area contributed by atoms with Crippen molar-refractivity contribution in [3.63, 3.8) is 0 Å². The van der Waals surface area contributed by atoms with Crippen LogP contribution in [0.4, 0.5) is 0 Å². The van der Waals surface area contributed by atoms with E-state index in [4.69, 9.17) is 9.47 Å². The molecular weight excluding hydrogens is 340 g/mol.